The van der Waals surface area contributed by atoms with E-state index in [1.807, 2.05) is 44.2 Å². The summed E-state index contributed by atoms with van der Waals surface area (Å²) < 4.78 is 16.9. The Morgan fingerprint density at radius 3 is 2.54 bits per heavy atom. The molecule has 0 aliphatic carbocycles. The summed E-state index contributed by atoms with van der Waals surface area (Å²) in [5.41, 5.74) is 1.43. The lowest BCUT2D eigenvalue weighted by Crippen LogP contribution is -2.30. The van der Waals surface area contributed by atoms with Crippen LogP contribution < -0.4 is 0 Å². The number of hydrogen-bond acceptors (Lipinski definition) is 5. The van der Waals surface area contributed by atoms with E-state index in [0.717, 1.165) is 15.3 Å². The molecular formula is C19H20N2O3S2. The van der Waals surface area contributed by atoms with Gasteiger partial charge in [-0.25, -0.2) is 4.98 Å². The van der Waals surface area contributed by atoms with Gasteiger partial charge in [0.15, 0.2) is 10.8 Å². The molecule has 1 amide bonds. The molecule has 2 aromatic heterocycles. The first-order chi connectivity index (χ1) is 12.4. The predicted molar refractivity (Wildman–Crippen MR) is 104 cm³/mol. The minimum atomic E-state index is -1.01. The van der Waals surface area contributed by atoms with Gasteiger partial charge in [-0.1, -0.05) is 12.1 Å². The molecule has 7 heteroatoms. The van der Waals surface area contributed by atoms with Crippen LogP contribution in [0.15, 0.2) is 52.0 Å². The number of hydrogen-bond donors (Lipinski definition) is 0. The standard InChI is InChI=1S/C19H20N2O3S2/c1-12(14-7-9-15(10-8-14)26(4)23)21(3)19(22)17-13(2)25-18(20-17)16-6-5-11-24-16/h5-12H,1-4H3/t12-,26+/m1/s1. The van der Waals surface area contributed by atoms with Crippen LogP contribution in [0, 0.1) is 6.92 Å². The van der Waals surface area contributed by atoms with E-state index in [9.17, 15) is 9.00 Å². The molecule has 2 heterocycles. The van der Waals surface area contributed by atoms with Crippen LogP contribution in [0.1, 0.15) is 33.9 Å². The lowest BCUT2D eigenvalue weighted by Gasteiger charge is -2.25. The van der Waals surface area contributed by atoms with Crippen LogP contribution in [0.4, 0.5) is 0 Å². The summed E-state index contributed by atoms with van der Waals surface area (Å²) in [6, 6.07) is 11.0. The van der Waals surface area contributed by atoms with Gasteiger partial charge in [-0.3, -0.25) is 9.00 Å². The highest BCUT2D eigenvalue weighted by atomic mass is 32.2. The van der Waals surface area contributed by atoms with E-state index in [-0.39, 0.29) is 11.9 Å². The molecule has 0 bridgehead atoms. The molecule has 3 aromatic rings. The Hall–Kier alpha value is -2.25. The fraction of sp³-hybridized carbons (Fsp3) is 0.263. The second-order valence-corrected chi connectivity index (χ2v) is 8.60. The average molecular weight is 389 g/mol. The fourth-order valence-electron chi connectivity index (χ4n) is 2.61. The van der Waals surface area contributed by atoms with Crippen LogP contribution in [0.5, 0.6) is 0 Å². The van der Waals surface area contributed by atoms with Crippen LogP contribution in [0.3, 0.4) is 0 Å². The van der Waals surface area contributed by atoms with Gasteiger partial charge in [0, 0.05) is 33.9 Å². The average Bonchev–Trinajstić information content (AvgIpc) is 3.29. The predicted octanol–water partition coefficient (Wildman–Crippen LogP) is 4.28. The molecular weight excluding hydrogens is 368 g/mol. The van der Waals surface area contributed by atoms with Gasteiger partial charge in [0.1, 0.15) is 5.69 Å². The number of aromatic nitrogens is 1. The number of rotatable bonds is 5. The highest BCUT2D eigenvalue weighted by molar-refractivity contribution is 7.84. The van der Waals surface area contributed by atoms with Crippen molar-refractivity contribution >= 4 is 28.0 Å². The topological polar surface area (TPSA) is 63.4 Å². The Morgan fingerprint density at radius 2 is 1.96 bits per heavy atom. The van der Waals surface area contributed by atoms with Gasteiger partial charge >= 0.3 is 0 Å². The van der Waals surface area contributed by atoms with Crippen LogP contribution in [-0.4, -0.2) is 33.3 Å². The van der Waals surface area contributed by atoms with Crippen LogP contribution >= 0.6 is 11.3 Å². The summed E-state index contributed by atoms with van der Waals surface area (Å²) in [6.07, 6.45) is 3.24. The van der Waals surface area contributed by atoms with E-state index in [1.165, 1.54) is 11.3 Å². The quantitative estimate of drug-likeness (QED) is 0.654. The molecule has 0 saturated heterocycles. The molecule has 0 saturated carbocycles. The molecule has 136 valence electrons. The van der Waals surface area contributed by atoms with E-state index in [0.29, 0.717) is 16.5 Å². The first-order valence-electron chi connectivity index (χ1n) is 8.10. The summed E-state index contributed by atoms with van der Waals surface area (Å²) in [5, 5.41) is 0.701. The Labute approximate surface area is 159 Å². The Bertz CT molecular complexity index is 930. The zero-order valence-electron chi connectivity index (χ0n) is 15.1. The van der Waals surface area contributed by atoms with Crippen molar-refractivity contribution in [3.8, 4) is 10.8 Å². The zero-order valence-corrected chi connectivity index (χ0v) is 16.7. The first kappa shape index (κ1) is 18.5. The summed E-state index contributed by atoms with van der Waals surface area (Å²) in [6.45, 7) is 3.85. The van der Waals surface area contributed by atoms with Crippen molar-refractivity contribution in [2.75, 3.05) is 13.3 Å². The van der Waals surface area contributed by atoms with Gasteiger partial charge < -0.3 is 9.32 Å². The van der Waals surface area contributed by atoms with Crippen LogP contribution in [0.2, 0.25) is 0 Å². The third-order valence-corrected chi connectivity index (χ3v) is 6.25. The largest absolute Gasteiger partial charge is 0.462 e. The molecule has 0 fully saturated rings. The number of thiazole rings is 1. The second-order valence-electron chi connectivity index (χ2n) is 6.02. The number of nitrogens with zero attached hydrogens (tertiary/aromatic N) is 2. The molecule has 2 atom stereocenters. The summed E-state index contributed by atoms with van der Waals surface area (Å²) >= 11 is 1.44. The highest BCUT2D eigenvalue weighted by Crippen LogP contribution is 2.30. The van der Waals surface area contributed by atoms with Crippen molar-refractivity contribution in [2.45, 2.75) is 24.8 Å². The van der Waals surface area contributed by atoms with Crippen molar-refractivity contribution in [1.82, 2.24) is 9.88 Å². The van der Waals surface area contributed by atoms with Gasteiger partial charge in [-0.05, 0) is 43.7 Å². The van der Waals surface area contributed by atoms with E-state index in [1.54, 1.807) is 30.5 Å². The maximum atomic E-state index is 12.9. The normalized spacial score (nSPS) is 13.4. The van der Waals surface area contributed by atoms with E-state index < -0.39 is 10.8 Å². The lowest BCUT2D eigenvalue weighted by atomic mass is 10.1. The van der Waals surface area contributed by atoms with E-state index >= 15 is 0 Å². The highest BCUT2D eigenvalue weighted by Gasteiger charge is 2.24. The fourth-order valence-corrected chi connectivity index (χ4v) is 4.00. The number of amides is 1. The van der Waals surface area contributed by atoms with Gasteiger partial charge in [-0.15, -0.1) is 11.3 Å². The van der Waals surface area contributed by atoms with Crippen molar-refractivity contribution in [3.05, 3.63) is 58.8 Å². The molecule has 0 aliphatic heterocycles. The SMILES string of the molecule is Cc1sc(-c2ccco2)nc1C(=O)N(C)[C@H](C)c1ccc([S@](C)=O)cc1. The molecule has 3 rings (SSSR count). The summed E-state index contributed by atoms with van der Waals surface area (Å²) in [7, 11) is 0.755. The maximum Gasteiger partial charge on any atom is 0.273 e. The van der Waals surface area contributed by atoms with Crippen molar-refractivity contribution in [2.24, 2.45) is 0 Å². The van der Waals surface area contributed by atoms with Gasteiger partial charge in [0.05, 0.1) is 12.3 Å². The molecule has 0 aliphatic rings. The molecule has 5 nitrogen and oxygen atoms in total. The molecule has 0 N–H and O–H groups in total. The molecule has 26 heavy (non-hydrogen) atoms. The van der Waals surface area contributed by atoms with Crippen LogP contribution in [-0.2, 0) is 10.8 Å². The van der Waals surface area contributed by atoms with Crippen molar-refractivity contribution in [3.63, 3.8) is 0 Å². The smallest absolute Gasteiger partial charge is 0.273 e. The Balaban J connectivity index is 1.82. The number of benzene rings is 1. The van der Waals surface area contributed by atoms with Crippen molar-refractivity contribution < 1.29 is 13.4 Å². The third-order valence-electron chi connectivity index (χ3n) is 4.33. The molecule has 0 spiro atoms. The third kappa shape index (κ3) is 3.64. The Morgan fingerprint density at radius 1 is 1.27 bits per heavy atom. The van der Waals surface area contributed by atoms with E-state index in [2.05, 4.69) is 4.98 Å². The lowest BCUT2D eigenvalue weighted by molar-refractivity contribution is 0.0737. The zero-order chi connectivity index (χ0) is 18.8. The van der Waals surface area contributed by atoms with Gasteiger partial charge in [0.2, 0.25) is 0 Å². The molecule has 0 unspecified atom stereocenters. The monoisotopic (exact) mass is 388 g/mol. The minimum absolute atomic E-state index is 0.130. The van der Waals surface area contributed by atoms with Gasteiger partial charge in [-0.2, -0.15) is 0 Å². The van der Waals surface area contributed by atoms with Gasteiger partial charge in [0.25, 0.3) is 5.91 Å². The maximum absolute atomic E-state index is 12.9. The van der Waals surface area contributed by atoms with E-state index in [4.69, 9.17) is 4.42 Å². The van der Waals surface area contributed by atoms with Crippen molar-refractivity contribution in [1.29, 1.82) is 0 Å². The minimum Gasteiger partial charge on any atom is -0.462 e. The summed E-state index contributed by atoms with van der Waals surface area (Å²) in [5.74, 6) is 0.531. The second kappa shape index (κ2) is 7.55. The number of aryl methyl sites for hydroxylation is 1. The molecule has 1 aromatic carbocycles. The summed E-state index contributed by atoms with van der Waals surface area (Å²) in [4.78, 5) is 20.7. The number of carbonyl (C=O) groups excluding carboxylic acids is 1. The number of furan rings is 1. The molecule has 0 radical (unpaired) electrons. The van der Waals surface area contributed by atoms with Crippen LogP contribution in [0.25, 0.3) is 10.8 Å². The Kier molecular flexibility index (Phi) is 5.38. The first-order valence-corrected chi connectivity index (χ1v) is 10.5. The number of carbonyl (C=O) groups is 1.